The SMILES string of the molecule is CCOC(=O)c1cnn(-c2ccc(C(=O)Nc3ccccc3N3CCCC3)cc2)c1C(F)(F)F. The van der Waals surface area contributed by atoms with Crippen LogP contribution in [0.5, 0.6) is 0 Å². The lowest BCUT2D eigenvalue weighted by Gasteiger charge is -2.21. The molecule has 34 heavy (non-hydrogen) atoms. The summed E-state index contributed by atoms with van der Waals surface area (Å²) in [4.78, 5) is 27.0. The van der Waals surface area contributed by atoms with Crippen LogP contribution in [-0.4, -0.2) is 41.4 Å². The summed E-state index contributed by atoms with van der Waals surface area (Å²) >= 11 is 0. The maximum atomic E-state index is 13.7. The molecule has 4 rings (SSSR count). The third-order valence-corrected chi connectivity index (χ3v) is 5.51. The van der Waals surface area contributed by atoms with Crippen LogP contribution in [0, 0.1) is 0 Å². The maximum absolute atomic E-state index is 13.7. The lowest BCUT2D eigenvalue weighted by molar-refractivity contribution is -0.143. The molecule has 1 saturated heterocycles. The van der Waals surface area contributed by atoms with E-state index in [1.54, 1.807) is 0 Å². The largest absolute Gasteiger partial charge is 0.462 e. The van der Waals surface area contributed by atoms with Crippen LogP contribution < -0.4 is 10.2 Å². The number of amides is 1. The molecule has 0 spiro atoms. The maximum Gasteiger partial charge on any atom is 0.434 e. The van der Waals surface area contributed by atoms with Crippen molar-refractivity contribution in [3.05, 3.63) is 71.5 Å². The summed E-state index contributed by atoms with van der Waals surface area (Å²) in [6.07, 6.45) is -1.82. The van der Waals surface area contributed by atoms with E-state index in [1.165, 1.54) is 31.2 Å². The Balaban J connectivity index is 1.58. The number of hydrogen-bond donors (Lipinski definition) is 1. The van der Waals surface area contributed by atoms with E-state index in [0.29, 0.717) is 10.4 Å². The third kappa shape index (κ3) is 4.75. The highest BCUT2D eigenvalue weighted by molar-refractivity contribution is 6.06. The van der Waals surface area contributed by atoms with Crippen molar-refractivity contribution in [2.24, 2.45) is 0 Å². The number of nitrogens with one attached hydrogen (secondary N) is 1. The van der Waals surface area contributed by atoms with E-state index < -0.39 is 23.4 Å². The molecule has 0 saturated carbocycles. The molecular formula is C24H23F3N4O3. The zero-order valence-corrected chi connectivity index (χ0v) is 18.4. The Kier molecular flexibility index (Phi) is 6.58. The monoisotopic (exact) mass is 472 g/mol. The van der Waals surface area contributed by atoms with Gasteiger partial charge in [-0.2, -0.15) is 18.3 Å². The third-order valence-electron chi connectivity index (χ3n) is 5.51. The van der Waals surface area contributed by atoms with Crippen molar-refractivity contribution in [2.45, 2.75) is 25.9 Å². The van der Waals surface area contributed by atoms with Crippen LogP contribution in [0.4, 0.5) is 24.5 Å². The molecule has 1 N–H and O–H groups in total. The lowest BCUT2D eigenvalue weighted by atomic mass is 10.1. The Bertz CT molecular complexity index is 1180. The number of aromatic nitrogens is 2. The average Bonchev–Trinajstić information content (AvgIpc) is 3.50. The quantitative estimate of drug-likeness (QED) is 0.516. The van der Waals surface area contributed by atoms with Crippen LogP contribution in [0.1, 0.15) is 46.2 Å². The van der Waals surface area contributed by atoms with Gasteiger partial charge in [-0.1, -0.05) is 12.1 Å². The Morgan fingerprint density at radius 2 is 1.74 bits per heavy atom. The van der Waals surface area contributed by atoms with Gasteiger partial charge in [0.25, 0.3) is 5.91 Å². The van der Waals surface area contributed by atoms with Gasteiger partial charge in [-0.05, 0) is 56.2 Å². The smallest absolute Gasteiger partial charge is 0.434 e. The van der Waals surface area contributed by atoms with Crippen LogP contribution in [0.2, 0.25) is 0 Å². The molecule has 1 aliphatic rings. The molecule has 10 heteroatoms. The fourth-order valence-electron chi connectivity index (χ4n) is 3.94. The molecule has 1 aliphatic heterocycles. The van der Waals surface area contributed by atoms with Crippen LogP contribution in [0.25, 0.3) is 5.69 Å². The van der Waals surface area contributed by atoms with Crippen molar-refractivity contribution >= 4 is 23.3 Å². The topological polar surface area (TPSA) is 76.5 Å². The number of rotatable bonds is 6. The number of esters is 1. The van der Waals surface area contributed by atoms with Gasteiger partial charge < -0.3 is 15.0 Å². The predicted molar refractivity (Wildman–Crippen MR) is 120 cm³/mol. The predicted octanol–water partition coefficient (Wildman–Crippen LogP) is 4.92. The van der Waals surface area contributed by atoms with Crippen molar-refractivity contribution in [2.75, 3.05) is 29.9 Å². The van der Waals surface area contributed by atoms with Gasteiger partial charge in [0.05, 0.1) is 29.9 Å². The number of hydrogen-bond acceptors (Lipinski definition) is 5. The number of halogens is 3. The molecule has 0 aliphatic carbocycles. The van der Waals surface area contributed by atoms with E-state index in [0.717, 1.165) is 37.8 Å². The van der Waals surface area contributed by atoms with Gasteiger partial charge in [0, 0.05) is 18.7 Å². The van der Waals surface area contributed by atoms with Crippen molar-refractivity contribution in [3.63, 3.8) is 0 Å². The molecule has 1 aromatic heterocycles. The molecule has 0 radical (unpaired) electrons. The lowest BCUT2D eigenvalue weighted by Crippen LogP contribution is -2.21. The molecule has 1 fully saturated rings. The second kappa shape index (κ2) is 9.58. The van der Waals surface area contributed by atoms with Crippen molar-refractivity contribution in [1.29, 1.82) is 0 Å². The molecule has 2 aromatic carbocycles. The number of alkyl halides is 3. The number of para-hydroxylation sites is 2. The summed E-state index contributed by atoms with van der Waals surface area (Å²) in [5, 5.41) is 6.63. The van der Waals surface area contributed by atoms with Gasteiger partial charge >= 0.3 is 12.1 Å². The van der Waals surface area contributed by atoms with Crippen LogP contribution in [0.3, 0.4) is 0 Å². The fourth-order valence-corrected chi connectivity index (χ4v) is 3.94. The first-order chi connectivity index (χ1) is 16.3. The summed E-state index contributed by atoms with van der Waals surface area (Å²) in [6, 6.07) is 13.0. The summed E-state index contributed by atoms with van der Waals surface area (Å²) in [6.45, 7) is 3.27. The second-order valence-electron chi connectivity index (χ2n) is 7.75. The first-order valence-corrected chi connectivity index (χ1v) is 10.9. The fraction of sp³-hybridized carbons (Fsp3) is 0.292. The van der Waals surface area contributed by atoms with Crippen LogP contribution >= 0.6 is 0 Å². The highest BCUT2D eigenvalue weighted by atomic mass is 19.4. The Hall–Kier alpha value is -3.82. The molecular weight excluding hydrogens is 449 g/mol. The molecule has 178 valence electrons. The van der Waals surface area contributed by atoms with E-state index >= 15 is 0 Å². The minimum Gasteiger partial charge on any atom is -0.462 e. The zero-order valence-electron chi connectivity index (χ0n) is 18.4. The molecule has 0 unspecified atom stereocenters. The summed E-state index contributed by atoms with van der Waals surface area (Å²) in [5.74, 6) is -1.49. The highest BCUT2D eigenvalue weighted by Gasteiger charge is 2.41. The van der Waals surface area contributed by atoms with Gasteiger partial charge in [-0.15, -0.1) is 0 Å². The van der Waals surface area contributed by atoms with Gasteiger partial charge in [-0.3, -0.25) is 4.79 Å². The summed E-state index contributed by atoms with van der Waals surface area (Å²) in [5.41, 5.74) is 0.0207. The van der Waals surface area contributed by atoms with E-state index in [4.69, 9.17) is 4.74 Å². The second-order valence-corrected chi connectivity index (χ2v) is 7.75. The van der Waals surface area contributed by atoms with Crippen LogP contribution in [0.15, 0.2) is 54.7 Å². The first kappa shape index (κ1) is 23.3. The molecule has 1 amide bonds. The number of benzene rings is 2. The van der Waals surface area contributed by atoms with Gasteiger partial charge in [0.1, 0.15) is 5.56 Å². The number of nitrogens with zero attached hydrogens (tertiary/aromatic N) is 3. The normalized spacial score (nSPS) is 13.7. The molecule has 3 aromatic rings. The van der Waals surface area contributed by atoms with Crippen molar-refractivity contribution < 1.29 is 27.5 Å². The van der Waals surface area contributed by atoms with E-state index in [1.807, 2.05) is 24.3 Å². The van der Waals surface area contributed by atoms with Crippen LogP contribution in [-0.2, 0) is 10.9 Å². The zero-order chi connectivity index (χ0) is 24.3. The van der Waals surface area contributed by atoms with Gasteiger partial charge in [0.15, 0.2) is 5.69 Å². The Labute approximate surface area is 194 Å². The van der Waals surface area contributed by atoms with Crippen molar-refractivity contribution in [3.8, 4) is 5.69 Å². The number of ether oxygens (including phenoxy) is 1. The Morgan fingerprint density at radius 1 is 1.06 bits per heavy atom. The number of carbonyl (C=O) groups is 2. The molecule has 2 heterocycles. The van der Waals surface area contributed by atoms with Gasteiger partial charge in [-0.25, -0.2) is 9.48 Å². The highest BCUT2D eigenvalue weighted by Crippen LogP contribution is 2.34. The molecule has 0 atom stereocenters. The minimum absolute atomic E-state index is 0.0527. The molecule has 7 nitrogen and oxygen atoms in total. The van der Waals surface area contributed by atoms with E-state index in [9.17, 15) is 22.8 Å². The molecule has 0 bridgehead atoms. The average molecular weight is 472 g/mol. The standard InChI is InChI=1S/C24H23F3N4O3/c1-2-34-23(33)18-15-28-31(21(18)24(25,26)27)17-11-9-16(10-12-17)22(32)29-19-7-3-4-8-20(19)30-13-5-6-14-30/h3-4,7-12,15H,2,5-6,13-14H2,1H3,(H,29,32). The van der Waals surface area contributed by atoms with Gasteiger partial charge in [0.2, 0.25) is 0 Å². The van der Waals surface area contributed by atoms with Crippen molar-refractivity contribution in [1.82, 2.24) is 9.78 Å². The van der Waals surface area contributed by atoms with E-state index in [-0.39, 0.29) is 23.8 Å². The Morgan fingerprint density at radius 3 is 2.38 bits per heavy atom. The number of carbonyl (C=O) groups excluding carboxylic acids is 2. The number of anilines is 2. The first-order valence-electron chi connectivity index (χ1n) is 10.9. The minimum atomic E-state index is -4.84. The summed E-state index contributed by atoms with van der Waals surface area (Å²) in [7, 11) is 0. The summed E-state index contributed by atoms with van der Waals surface area (Å²) < 4.78 is 46.5. The van der Waals surface area contributed by atoms with E-state index in [2.05, 4.69) is 15.3 Å².